The normalized spacial score (nSPS) is 13.6. The average Bonchev–Trinajstić information content (AvgIpc) is 2.90. The number of ether oxygens (including phenoxy) is 1. The maximum Gasteiger partial charge on any atom is 0.251 e. The summed E-state index contributed by atoms with van der Waals surface area (Å²) in [7, 11) is 1.68. The first kappa shape index (κ1) is 25.1. The molecule has 1 aliphatic heterocycles. The summed E-state index contributed by atoms with van der Waals surface area (Å²) < 4.78 is 5.26. The molecule has 1 amide bonds. The number of hydrogen-bond donors (Lipinski definition) is 1. The molecule has 2 aromatic carbocycles. The Balaban J connectivity index is 1.36. The molecule has 9 heteroatoms. The molecule has 0 unspecified atom stereocenters. The Labute approximate surface area is 215 Å². The van der Waals surface area contributed by atoms with Gasteiger partial charge in [0.05, 0.1) is 7.11 Å². The lowest BCUT2D eigenvalue weighted by Gasteiger charge is -2.36. The molecule has 0 radical (unpaired) electrons. The van der Waals surface area contributed by atoms with Gasteiger partial charge < -0.3 is 19.9 Å². The Hall–Kier alpha value is -2.97. The average molecular weight is 512 g/mol. The molecule has 1 fully saturated rings. The first-order valence-electron chi connectivity index (χ1n) is 11.7. The van der Waals surface area contributed by atoms with Gasteiger partial charge >= 0.3 is 0 Å². The van der Waals surface area contributed by atoms with E-state index in [0.717, 1.165) is 49.7 Å². The monoisotopic (exact) mass is 511 g/mol. The van der Waals surface area contributed by atoms with Gasteiger partial charge in [-0.05, 0) is 48.4 Å². The van der Waals surface area contributed by atoms with E-state index in [1.165, 1.54) is 17.4 Å². The van der Waals surface area contributed by atoms with E-state index in [-0.39, 0.29) is 5.91 Å². The number of carbonyl (C=O) groups excluding carboxylic acids is 1. The van der Waals surface area contributed by atoms with Crippen molar-refractivity contribution in [2.75, 3.05) is 49.6 Å². The van der Waals surface area contributed by atoms with E-state index in [2.05, 4.69) is 32.2 Å². The number of nitrogens with zero attached hydrogens (tertiary/aromatic N) is 4. The molecule has 1 saturated heterocycles. The molecule has 1 aromatic heterocycles. The van der Waals surface area contributed by atoms with Crippen LogP contribution in [0.2, 0.25) is 5.15 Å². The van der Waals surface area contributed by atoms with Crippen molar-refractivity contribution in [2.45, 2.75) is 24.3 Å². The largest absolute Gasteiger partial charge is 0.497 e. The molecule has 0 atom stereocenters. The molecule has 2 heterocycles. The molecular weight excluding hydrogens is 482 g/mol. The van der Waals surface area contributed by atoms with Crippen LogP contribution in [0, 0.1) is 0 Å². The van der Waals surface area contributed by atoms with Gasteiger partial charge in [0, 0.05) is 55.8 Å². The minimum Gasteiger partial charge on any atom is -0.497 e. The van der Waals surface area contributed by atoms with Gasteiger partial charge in [-0.1, -0.05) is 42.4 Å². The Kier molecular flexibility index (Phi) is 8.71. The Bertz CT molecular complexity index is 1140. The minimum atomic E-state index is -0.0474. The Morgan fingerprint density at radius 1 is 1.06 bits per heavy atom. The molecule has 0 bridgehead atoms. The Morgan fingerprint density at radius 3 is 2.51 bits per heavy atom. The van der Waals surface area contributed by atoms with E-state index in [1.807, 2.05) is 49.4 Å². The lowest BCUT2D eigenvalue weighted by atomic mass is 10.1. The molecule has 1 N–H and O–H groups in total. The third kappa shape index (κ3) is 6.80. The van der Waals surface area contributed by atoms with Crippen molar-refractivity contribution in [2.24, 2.45) is 0 Å². The third-order valence-corrected chi connectivity index (χ3v) is 6.91. The number of benzene rings is 2. The van der Waals surface area contributed by atoms with Gasteiger partial charge in [0.25, 0.3) is 5.91 Å². The van der Waals surface area contributed by atoms with Crippen LogP contribution in [0.5, 0.6) is 5.75 Å². The van der Waals surface area contributed by atoms with E-state index in [0.29, 0.717) is 28.2 Å². The smallest absolute Gasteiger partial charge is 0.251 e. The SMILES string of the molecule is CCCNC(=O)c1cccc(CSc2nc(Cl)cc(N3CCN(c4ccc(OC)cc4)CC3)n2)c1. The zero-order chi connectivity index (χ0) is 24.6. The van der Waals surface area contributed by atoms with Crippen LogP contribution < -0.4 is 19.9 Å². The lowest BCUT2D eigenvalue weighted by molar-refractivity contribution is 0.0953. The van der Waals surface area contributed by atoms with Gasteiger partial charge in [0.2, 0.25) is 0 Å². The molecule has 0 saturated carbocycles. The lowest BCUT2D eigenvalue weighted by Crippen LogP contribution is -2.46. The summed E-state index contributed by atoms with van der Waals surface area (Å²) in [5.41, 5.74) is 2.89. The number of nitrogens with one attached hydrogen (secondary N) is 1. The number of anilines is 2. The van der Waals surface area contributed by atoms with Crippen LogP contribution in [0.25, 0.3) is 0 Å². The summed E-state index contributed by atoms with van der Waals surface area (Å²) >= 11 is 7.87. The highest BCUT2D eigenvalue weighted by atomic mass is 35.5. The summed E-state index contributed by atoms with van der Waals surface area (Å²) in [6.07, 6.45) is 0.909. The highest BCUT2D eigenvalue weighted by Crippen LogP contribution is 2.27. The molecule has 7 nitrogen and oxygen atoms in total. The van der Waals surface area contributed by atoms with Gasteiger partial charge in [-0.2, -0.15) is 0 Å². The number of piperazine rings is 1. The standard InChI is InChI=1S/C26H30ClN5O2S/c1-3-11-28-25(33)20-6-4-5-19(16-20)18-35-26-29-23(27)17-24(30-26)32-14-12-31(13-15-32)21-7-9-22(34-2)10-8-21/h4-10,16-17H,3,11-15,18H2,1-2H3,(H,28,33). The van der Waals surface area contributed by atoms with Crippen LogP contribution in [0.4, 0.5) is 11.5 Å². The van der Waals surface area contributed by atoms with Crippen molar-refractivity contribution >= 4 is 40.8 Å². The first-order valence-corrected chi connectivity index (χ1v) is 13.1. The molecule has 0 spiro atoms. The number of thioether (sulfide) groups is 1. The fourth-order valence-corrected chi connectivity index (χ4v) is 4.91. The number of halogens is 1. The molecular formula is C26H30ClN5O2S. The number of carbonyl (C=O) groups is 1. The maximum absolute atomic E-state index is 12.3. The topological polar surface area (TPSA) is 70.6 Å². The molecule has 1 aliphatic rings. The van der Waals surface area contributed by atoms with Gasteiger partial charge in [-0.3, -0.25) is 4.79 Å². The van der Waals surface area contributed by atoms with Crippen molar-refractivity contribution < 1.29 is 9.53 Å². The second kappa shape index (κ2) is 12.1. The van der Waals surface area contributed by atoms with E-state index >= 15 is 0 Å². The van der Waals surface area contributed by atoms with Gasteiger partial charge in [0.15, 0.2) is 5.16 Å². The highest BCUT2D eigenvalue weighted by Gasteiger charge is 2.20. The van der Waals surface area contributed by atoms with Crippen LogP contribution in [-0.2, 0) is 5.75 Å². The van der Waals surface area contributed by atoms with E-state index < -0.39 is 0 Å². The van der Waals surface area contributed by atoms with Crippen molar-refractivity contribution in [3.05, 3.63) is 70.9 Å². The summed E-state index contributed by atoms with van der Waals surface area (Å²) in [4.78, 5) is 26.0. The van der Waals surface area contributed by atoms with Gasteiger partial charge in [-0.15, -0.1) is 0 Å². The number of methoxy groups -OCH3 is 1. The fourth-order valence-electron chi connectivity index (χ4n) is 3.89. The fraction of sp³-hybridized carbons (Fsp3) is 0.346. The minimum absolute atomic E-state index is 0.0474. The zero-order valence-electron chi connectivity index (χ0n) is 20.0. The summed E-state index contributed by atoms with van der Waals surface area (Å²) in [5, 5.41) is 3.98. The third-order valence-electron chi connectivity index (χ3n) is 5.79. The second-order valence-corrected chi connectivity index (χ2v) is 9.58. The first-order chi connectivity index (χ1) is 17.1. The van der Waals surface area contributed by atoms with E-state index in [1.54, 1.807) is 7.11 Å². The zero-order valence-corrected chi connectivity index (χ0v) is 21.6. The summed E-state index contributed by atoms with van der Waals surface area (Å²) in [6, 6.07) is 17.6. The predicted molar refractivity (Wildman–Crippen MR) is 143 cm³/mol. The molecule has 3 aromatic rings. The molecule has 0 aliphatic carbocycles. The molecule has 35 heavy (non-hydrogen) atoms. The van der Waals surface area contributed by atoms with E-state index in [4.69, 9.17) is 21.3 Å². The summed E-state index contributed by atoms with van der Waals surface area (Å²) in [5.74, 6) is 2.31. The molecule has 4 rings (SSSR count). The number of aromatic nitrogens is 2. The van der Waals surface area contributed by atoms with Crippen molar-refractivity contribution in [1.29, 1.82) is 0 Å². The predicted octanol–water partition coefficient (Wildman–Crippen LogP) is 4.90. The quantitative estimate of drug-likeness (QED) is 0.249. The van der Waals surface area contributed by atoms with Crippen LogP contribution in [0.1, 0.15) is 29.3 Å². The number of amides is 1. The molecule has 184 valence electrons. The van der Waals surface area contributed by atoms with Gasteiger partial charge in [-0.25, -0.2) is 9.97 Å². The van der Waals surface area contributed by atoms with Crippen LogP contribution in [-0.4, -0.2) is 55.7 Å². The highest BCUT2D eigenvalue weighted by molar-refractivity contribution is 7.98. The Morgan fingerprint density at radius 2 is 1.80 bits per heavy atom. The number of hydrogen-bond acceptors (Lipinski definition) is 7. The van der Waals surface area contributed by atoms with Crippen LogP contribution in [0.3, 0.4) is 0 Å². The second-order valence-electron chi connectivity index (χ2n) is 8.25. The number of rotatable bonds is 9. The van der Waals surface area contributed by atoms with E-state index in [9.17, 15) is 4.79 Å². The van der Waals surface area contributed by atoms with Crippen molar-refractivity contribution in [3.8, 4) is 5.75 Å². The maximum atomic E-state index is 12.3. The van der Waals surface area contributed by atoms with Gasteiger partial charge in [0.1, 0.15) is 16.7 Å². The summed E-state index contributed by atoms with van der Waals surface area (Å²) in [6.45, 7) is 6.18. The van der Waals surface area contributed by atoms with Crippen LogP contribution >= 0.6 is 23.4 Å². The van der Waals surface area contributed by atoms with Crippen molar-refractivity contribution in [3.63, 3.8) is 0 Å². The van der Waals surface area contributed by atoms with Crippen LogP contribution in [0.15, 0.2) is 59.8 Å². The van der Waals surface area contributed by atoms with Crippen molar-refractivity contribution in [1.82, 2.24) is 15.3 Å².